The molecule has 128 valence electrons. The molecule has 3 N–H and O–H groups in total. The number of amides is 1. The minimum Gasteiger partial charge on any atom is -0.361 e. The van der Waals surface area contributed by atoms with Crippen LogP contribution in [0.1, 0.15) is 10.4 Å². The lowest BCUT2D eigenvalue weighted by Crippen LogP contribution is -2.13. The molecular weight excluding hydrogens is 350 g/mol. The van der Waals surface area contributed by atoms with E-state index >= 15 is 0 Å². The normalized spacial score (nSPS) is 13.3. The fourth-order valence-corrected chi connectivity index (χ4v) is 4.67. The van der Waals surface area contributed by atoms with Crippen molar-refractivity contribution in [3.8, 4) is 0 Å². The summed E-state index contributed by atoms with van der Waals surface area (Å²) in [5.74, 6) is -0.217. The van der Waals surface area contributed by atoms with Crippen molar-refractivity contribution < 1.29 is 13.2 Å². The molecule has 0 saturated heterocycles. The fourth-order valence-electron chi connectivity index (χ4n) is 3.42. The first-order valence-corrected chi connectivity index (χ1v) is 9.48. The van der Waals surface area contributed by atoms with Crippen molar-refractivity contribution >= 4 is 49.0 Å². The molecule has 4 aromatic rings. The number of benzene rings is 3. The lowest BCUT2D eigenvalue weighted by atomic mass is 10.1. The Bertz CT molecular complexity index is 1320. The quantitative estimate of drug-likeness (QED) is 0.518. The van der Waals surface area contributed by atoms with E-state index in [1.54, 1.807) is 42.6 Å². The van der Waals surface area contributed by atoms with Crippen LogP contribution in [0.4, 0.5) is 11.4 Å². The van der Waals surface area contributed by atoms with Crippen molar-refractivity contribution in [1.82, 2.24) is 4.98 Å². The summed E-state index contributed by atoms with van der Waals surface area (Å²) in [6, 6.07) is 15.5. The van der Waals surface area contributed by atoms with Crippen molar-refractivity contribution in [2.45, 2.75) is 4.90 Å². The summed E-state index contributed by atoms with van der Waals surface area (Å²) < 4.78 is 28.6. The largest absolute Gasteiger partial charge is 0.361 e. The molecular formula is C19H13N3O3S. The molecule has 0 radical (unpaired) electrons. The number of carbonyl (C=O) groups excluding carboxylic acids is 1. The number of sulfonamides is 1. The van der Waals surface area contributed by atoms with Crippen LogP contribution in [0.25, 0.3) is 21.7 Å². The van der Waals surface area contributed by atoms with Gasteiger partial charge < -0.3 is 10.3 Å². The maximum atomic E-state index is 13.0. The molecule has 1 aliphatic rings. The van der Waals surface area contributed by atoms with E-state index in [-0.39, 0.29) is 10.8 Å². The number of aromatic amines is 1. The predicted octanol–water partition coefficient (Wildman–Crippen LogP) is 3.69. The summed E-state index contributed by atoms with van der Waals surface area (Å²) in [5.41, 5.74) is 2.44. The van der Waals surface area contributed by atoms with Crippen molar-refractivity contribution in [2.24, 2.45) is 0 Å². The third kappa shape index (κ3) is 2.11. The minimum absolute atomic E-state index is 0.140. The van der Waals surface area contributed by atoms with Gasteiger partial charge in [-0.2, -0.15) is 0 Å². The van der Waals surface area contributed by atoms with Gasteiger partial charge in [-0.05, 0) is 41.8 Å². The van der Waals surface area contributed by atoms with E-state index in [4.69, 9.17) is 0 Å². The monoisotopic (exact) mass is 363 g/mol. The lowest BCUT2D eigenvalue weighted by Gasteiger charge is -2.11. The van der Waals surface area contributed by atoms with Gasteiger partial charge in [-0.1, -0.05) is 18.2 Å². The number of fused-ring (bicyclic) bond motifs is 1. The highest BCUT2D eigenvalue weighted by Gasteiger charge is 2.26. The number of hydrogen-bond acceptors (Lipinski definition) is 3. The number of rotatable bonds is 3. The molecule has 0 unspecified atom stereocenters. The molecule has 0 saturated carbocycles. The van der Waals surface area contributed by atoms with Crippen LogP contribution in [0.2, 0.25) is 0 Å². The zero-order chi connectivity index (χ0) is 17.9. The zero-order valence-electron chi connectivity index (χ0n) is 13.4. The molecule has 26 heavy (non-hydrogen) atoms. The molecule has 0 fully saturated rings. The molecule has 1 aliphatic heterocycles. The van der Waals surface area contributed by atoms with Crippen molar-refractivity contribution in [1.29, 1.82) is 0 Å². The van der Waals surface area contributed by atoms with Crippen LogP contribution < -0.4 is 10.0 Å². The van der Waals surface area contributed by atoms with Crippen LogP contribution in [0.3, 0.4) is 0 Å². The molecule has 0 bridgehead atoms. The molecule has 7 heteroatoms. The molecule has 0 atom stereocenters. The smallest absolute Gasteiger partial charge is 0.262 e. The molecule has 6 nitrogen and oxygen atoms in total. The number of nitrogens with one attached hydrogen (secondary N) is 3. The summed E-state index contributed by atoms with van der Waals surface area (Å²) in [7, 11) is -3.82. The number of aromatic nitrogens is 1. The van der Waals surface area contributed by atoms with E-state index in [0.29, 0.717) is 27.7 Å². The van der Waals surface area contributed by atoms with Crippen LogP contribution in [0.5, 0.6) is 0 Å². The van der Waals surface area contributed by atoms with Gasteiger partial charge in [-0.25, -0.2) is 8.42 Å². The highest BCUT2D eigenvalue weighted by atomic mass is 32.2. The van der Waals surface area contributed by atoms with Gasteiger partial charge in [0.05, 0.1) is 10.6 Å². The average molecular weight is 363 g/mol. The van der Waals surface area contributed by atoms with Crippen molar-refractivity contribution in [3.63, 3.8) is 0 Å². The average Bonchev–Trinajstić information content (AvgIpc) is 3.20. The van der Waals surface area contributed by atoms with Crippen LogP contribution in [0.15, 0.2) is 65.7 Å². The highest BCUT2D eigenvalue weighted by Crippen LogP contribution is 2.37. The van der Waals surface area contributed by atoms with Crippen LogP contribution in [-0.2, 0) is 10.0 Å². The summed E-state index contributed by atoms with van der Waals surface area (Å²) >= 11 is 0. The second-order valence-electron chi connectivity index (χ2n) is 6.18. The van der Waals surface area contributed by atoms with Gasteiger partial charge in [0.2, 0.25) is 0 Å². The van der Waals surface area contributed by atoms with E-state index in [1.807, 2.05) is 12.1 Å². The minimum atomic E-state index is -3.82. The molecule has 0 spiro atoms. The van der Waals surface area contributed by atoms with Crippen molar-refractivity contribution in [3.05, 3.63) is 66.4 Å². The van der Waals surface area contributed by atoms with Crippen LogP contribution in [0, 0.1) is 0 Å². The van der Waals surface area contributed by atoms with E-state index in [0.717, 1.165) is 10.9 Å². The van der Waals surface area contributed by atoms with Gasteiger partial charge in [-0.3, -0.25) is 9.52 Å². The maximum absolute atomic E-state index is 13.0. The number of anilines is 2. The summed E-state index contributed by atoms with van der Waals surface area (Å²) in [4.78, 5) is 15.2. The first-order valence-electron chi connectivity index (χ1n) is 8.00. The highest BCUT2D eigenvalue weighted by molar-refractivity contribution is 7.93. The summed E-state index contributed by atoms with van der Waals surface area (Å²) in [6.07, 6.45) is 1.80. The Morgan fingerprint density at radius 2 is 1.85 bits per heavy atom. The fraction of sp³-hybridized carbons (Fsp3) is 0. The Kier molecular flexibility index (Phi) is 2.93. The third-order valence-corrected chi connectivity index (χ3v) is 6.03. The number of carbonyl (C=O) groups is 1. The Labute approximate surface area is 148 Å². The van der Waals surface area contributed by atoms with Crippen LogP contribution >= 0.6 is 0 Å². The first-order chi connectivity index (χ1) is 12.5. The van der Waals surface area contributed by atoms with Gasteiger partial charge in [0.25, 0.3) is 15.9 Å². The molecule has 3 aromatic carbocycles. The predicted molar refractivity (Wildman–Crippen MR) is 101 cm³/mol. The van der Waals surface area contributed by atoms with E-state index in [2.05, 4.69) is 15.0 Å². The number of H-pyrrole nitrogens is 1. The summed E-state index contributed by atoms with van der Waals surface area (Å²) in [6.45, 7) is 0. The standard InChI is InChI=1S/C19H13N3O3S/c23-19-14-3-1-2-13-17(7-6-15(21-19)18(13)14)26(24,25)22-12-5-4-11-8-9-20-16(11)10-12/h1-10,20,22H,(H,21,23). The zero-order valence-corrected chi connectivity index (χ0v) is 14.2. The van der Waals surface area contributed by atoms with Gasteiger partial charge in [0.15, 0.2) is 0 Å². The Morgan fingerprint density at radius 1 is 0.962 bits per heavy atom. The van der Waals surface area contributed by atoms with E-state index in [1.165, 1.54) is 6.07 Å². The second kappa shape index (κ2) is 5.09. The third-order valence-electron chi connectivity index (χ3n) is 4.59. The number of hydrogen-bond donors (Lipinski definition) is 3. The van der Waals surface area contributed by atoms with E-state index < -0.39 is 10.0 Å². The lowest BCUT2D eigenvalue weighted by molar-refractivity contribution is 0.103. The molecule has 0 aliphatic carbocycles. The molecule has 1 aromatic heterocycles. The van der Waals surface area contributed by atoms with Crippen molar-refractivity contribution in [2.75, 3.05) is 10.0 Å². The SMILES string of the molecule is O=C1Nc2ccc(S(=O)(=O)Nc3ccc4cc[nH]c4c3)c3cccc1c23. The van der Waals surface area contributed by atoms with Gasteiger partial charge in [-0.15, -0.1) is 0 Å². The topological polar surface area (TPSA) is 91.1 Å². The molecule has 1 amide bonds. The Balaban J connectivity index is 1.65. The van der Waals surface area contributed by atoms with Crippen LogP contribution in [-0.4, -0.2) is 19.3 Å². The maximum Gasteiger partial charge on any atom is 0.262 e. The van der Waals surface area contributed by atoms with Gasteiger partial charge in [0.1, 0.15) is 0 Å². The Hall–Kier alpha value is -3.32. The second-order valence-corrected chi connectivity index (χ2v) is 7.83. The first kappa shape index (κ1) is 15.0. The van der Waals surface area contributed by atoms with Gasteiger partial charge >= 0.3 is 0 Å². The summed E-state index contributed by atoms with van der Waals surface area (Å²) in [5, 5.41) is 4.92. The van der Waals surface area contributed by atoms with E-state index in [9.17, 15) is 13.2 Å². The molecule has 2 heterocycles. The van der Waals surface area contributed by atoms with Gasteiger partial charge in [0, 0.05) is 33.7 Å². The molecule has 5 rings (SSSR count). The Morgan fingerprint density at radius 3 is 2.73 bits per heavy atom.